The molecule has 0 aliphatic carbocycles. The zero-order valence-electron chi connectivity index (χ0n) is 4.46. The molecule has 0 aromatic rings. The van der Waals surface area contributed by atoms with E-state index in [0.717, 1.165) is 0 Å². The van der Waals surface area contributed by atoms with Gasteiger partial charge in [0.2, 0.25) is 0 Å². The highest BCUT2D eigenvalue weighted by Gasteiger charge is 2.11. The highest BCUT2D eigenvalue weighted by atomic mass is 16.7. The molecule has 1 saturated heterocycles. The summed E-state index contributed by atoms with van der Waals surface area (Å²) < 4.78 is 9.67. The summed E-state index contributed by atoms with van der Waals surface area (Å²) in [5.74, 6) is 0. The first-order chi connectivity index (χ1) is 3.93. The second-order valence-corrected chi connectivity index (χ2v) is 1.60. The van der Waals surface area contributed by atoms with E-state index in [-0.39, 0.29) is 12.9 Å². The van der Waals surface area contributed by atoms with Crippen molar-refractivity contribution in [1.29, 1.82) is 5.26 Å². The molecule has 0 aromatic carbocycles. The van der Waals surface area contributed by atoms with Gasteiger partial charge in [-0.25, -0.2) is 0 Å². The quantitative estimate of drug-likeness (QED) is 0.453. The normalized spacial score (nSPS) is 29.1. The highest BCUT2D eigenvalue weighted by molar-refractivity contribution is 4.84. The Bertz CT molecular complexity index is 101. The fraction of sp³-hybridized carbons (Fsp3) is 0.800. The first kappa shape index (κ1) is 5.54. The van der Waals surface area contributed by atoms with Crippen LogP contribution in [0, 0.1) is 11.3 Å². The lowest BCUT2D eigenvalue weighted by atomic mass is 10.3. The van der Waals surface area contributed by atoms with E-state index in [9.17, 15) is 0 Å². The van der Waals surface area contributed by atoms with Crippen molar-refractivity contribution in [2.75, 3.05) is 13.4 Å². The molecule has 1 fully saturated rings. The summed E-state index contributed by atoms with van der Waals surface area (Å²) in [6.07, 6.45) is 0.472. The molecule has 1 atom stereocenters. The van der Waals surface area contributed by atoms with Crippen LogP contribution in [-0.2, 0) is 9.47 Å². The van der Waals surface area contributed by atoms with Crippen LogP contribution in [0.3, 0.4) is 0 Å². The van der Waals surface area contributed by atoms with Gasteiger partial charge in [0, 0.05) is 6.42 Å². The second-order valence-electron chi connectivity index (χ2n) is 1.60. The standard InChI is InChI=1S/C5H7NO2/c6-3-5-1-2-7-4-8-5/h5H,1-2,4H2. The van der Waals surface area contributed by atoms with Crippen molar-refractivity contribution < 1.29 is 9.47 Å². The van der Waals surface area contributed by atoms with E-state index in [1.807, 2.05) is 6.07 Å². The maximum absolute atomic E-state index is 8.26. The Morgan fingerprint density at radius 3 is 2.88 bits per heavy atom. The third kappa shape index (κ3) is 1.19. The highest BCUT2D eigenvalue weighted by Crippen LogP contribution is 2.02. The second kappa shape index (κ2) is 2.65. The molecule has 0 radical (unpaired) electrons. The van der Waals surface area contributed by atoms with E-state index in [1.165, 1.54) is 0 Å². The van der Waals surface area contributed by atoms with Crippen LogP contribution in [0.1, 0.15) is 6.42 Å². The zero-order valence-corrected chi connectivity index (χ0v) is 4.46. The smallest absolute Gasteiger partial charge is 0.149 e. The lowest BCUT2D eigenvalue weighted by Crippen LogP contribution is -2.21. The Labute approximate surface area is 47.8 Å². The van der Waals surface area contributed by atoms with Gasteiger partial charge >= 0.3 is 0 Å². The van der Waals surface area contributed by atoms with Crippen LogP contribution in [0.2, 0.25) is 0 Å². The largest absolute Gasteiger partial charge is 0.355 e. The Morgan fingerprint density at radius 1 is 1.62 bits per heavy atom. The predicted molar refractivity (Wildman–Crippen MR) is 25.9 cm³/mol. The molecular formula is C5H7NO2. The van der Waals surface area contributed by atoms with Crippen LogP contribution in [0.5, 0.6) is 0 Å². The van der Waals surface area contributed by atoms with Gasteiger partial charge in [0.15, 0.2) is 0 Å². The summed E-state index contributed by atoms with van der Waals surface area (Å²) in [5, 5.41) is 8.26. The fourth-order valence-corrected chi connectivity index (χ4v) is 0.565. The van der Waals surface area contributed by atoms with Crippen molar-refractivity contribution in [2.45, 2.75) is 12.5 Å². The minimum atomic E-state index is -0.233. The molecule has 3 heteroatoms. The monoisotopic (exact) mass is 113 g/mol. The Kier molecular flexibility index (Phi) is 1.84. The minimum Gasteiger partial charge on any atom is -0.355 e. The first-order valence-electron chi connectivity index (χ1n) is 2.52. The summed E-state index contributed by atoms with van der Waals surface area (Å²) >= 11 is 0. The van der Waals surface area contributed by atoms with Crippen LogP contribution in [0.25, 0.3) is 0 Å². The van der Waals surface area contributed by atoms with E-state index in [4.69, 9.17) is 14.7 Å². The van der Waals surface area contributed by atoms with Gasteiger partial charge in [-0.2, -0.15) is 5.26 Å². The maximum atomic E-state index is 8.26. The van der Waals surface area contributed by atoms with Crippen LogP contribution in [0.15, 0.2) is 0 Å². The predicted octanol–water partition coefficient (Wildman–Crippen LogP) is 0.273. The number of ether oxygens (including phenoxy) is 2. The summed E-state index contributed by atoms with van der Waals surface area (Å²) in [7, 11) is 0. The van der Waals surface area contributed by atoms with Crippen molar-refractivity contribution in [3.05, 3.63) is 0 Å². The summed E-state index contributed by atoms with van der Waals surface area (Å²) in [6.45, 7) is 0.927. The minimum absolute atomic E-state index is 0.233. The van der Waals surface area contributed by atoms with Crippen molar-refractivity contribution >= 4 is 0 Å². The zero-order chi connectivity index (χ0) is 5.82. The van der Waals surface area contributed by atoms with Gasteiger partial charge in [0.25, 0.3) is 0 Å². The molecule has 0 N–H and O–H groups in total. The lowest BCUT2D eigenvalue weighted by Gasteiger charge is -2.15. The number of nitriles is 1. The number of nitrogens with zero attached hydrogens (tertiary/aromatic N) is 1. The maximum Gasteiger partial charge on any atom is 0.149 e. The van der Waals surface area contributed by atoms with Crippen molar-refractivity contribution in [3.8, 4) is 6.07 Å². The Morgan fingerprint density at radius 2 is 2.50 bits per heavy atom. The SMILES string of the molecule is N#CC1CCOCO1. The van der Waals surface area contributed by atoms with Gasteiger partial charge in [-0.3, -0.25) is 0 Å². The molecule has 0 spiro atoms. The van der Waals surface area contributed by atoms with Crippen LogP contribution in [0.4, 0.5) is 0 Å². The Hall–Kier alpha value is -0.590. The Balaban J connectivity index is 2.25. The van der Waals surface area contributed by atoms with Crippen molar-refractivity contribution in [1.82, 2.24) is 0 Å². The van der Waals surface area contributed by atoms with Gasteiger partial charge in [0.1, 0.15) is 12.9 Å². The summed E-state index contributed by atoms with van der Waals surface area (Å²) in [5.41, 5.74) is 0. The van der Waals surface area contributed by atoms with Gasteiger partial charge in [-0.1, -0.05) is 0 Å². The molecule has 1 unspecified atom stereocenters. The molecule has 8 heavy (non-hydrogen) atoms. The van der Waals surface area contributed by atoms with Crippen LogP contribution >= 0.6 is 0 Å². The van der Waals surface area contributed by atoms with Crippen LogP contribution in [-0.4, -0.2) is 19.5 Å². The average molecular weight is 113 g/mol. The molecule has 0 amide bonds. The fourth-order valence-electron chi connectivity index (χ4n) is 0.565. The molecule has 44 valence electrons. The molecule has 3 nitrogen and oxygen atoms in total. The molecule has 1 aliphatic heterocycles. The van der Waals surface area contributed by atoms with E-state index < -0.39 is 0 Å². The van der Waals surface area contributed by atoms with Gasteiger partial charge in [0.05, 0.1) is 12.7 Å². The molecule has 1 aliphatic rings. The lowest BCUT2D eigenvalue weighted by molar-refractivity contribution is -0.120. The molecule has 0 bridgehead atoms. The van der Waals surface area contributed by atoms with E-state index >= 15 is 0 Å². The molecule has 1 rings (SSSR count). The van der Waals surface area contributed by atoms with Crippen molar-refractivity contribution in [3.63, 3.8) is 0 Å². The third-order valence-corrected chi connectivity index (χ3v) is 1.02. The third-order valence-electron chi connectivity index (χ3n) is 1.02. The van der Waals surface area contributed by atoms with Gasteiger partial charge < -0.3 is 9.47 Å². The van der Waals surface area contributed by atoms with E-state index in [1.54, 1.807) is 0 Å². The first-order valence-corrected chi connectivity index (χ1v) is 2.52. The molecule has 1 heterocycles. The molecular weight excluding hydrogens is 106 g/mol. The van der Waals surface area contributed by atoms with E-state index in [2.05, 4.69) is 0 Å². The average Bonchev–Trinajstić information content (AvgIpc) is 1.90. The van der Waals surface area contributed by atoms with Crippen molar-refractivity contribution in [2.24, 2.45) is 0 Å². The van der Waals surface area contributed by atoms with Gasteiger partial charge in [-0.15, -0.1) is 0 Å². The number of hydrogen-bond donors (Lipinski definition) is 0. The summed E-state index contributed by atoms with van der Waals surface area (Å²) in [4.78, 5) is 0. The van der Waals surface area contributed by atoms with Crippen LogP contribution < -0.4 is 0 Å². The van der Waals surface area contributed by atoms with Gasteiger partial charge in [-0.05, 0) is 0 Å². The molecule has 0 aromatic heterocycles. The van der Waals surface area contributed by atoms with E-state index in [0.29, 0.717) is 13.0 Å². The number of hydrogen-bond acceptors (Lipinski definition) is 3. The summed E-state index contributed by atoms with van der Waals surface area (Å²) in [6, 6.07) is 2.00. The number of rotatable bonds is 0. The molecule has 0 saturated carbocycles. The topological polar surface area (TPSA) is 42.2 Å².